The Morgan fingerprint density at radius 1 is 1.33 bits per heavy atom. The van der Waals surface area contributed by atoms with E-state index in [2.05, 4.69) is 19.9 Å². The van der Waals surface area contributed by atoms with Crippen LogP contribution in [0.3, 0.4) is 0 Å². The molecule has 1 rings (SSSR count). The zero-order valence-electron chi connectivity index (χ0n) is 8.09. The van der Waals surface area contributed by atoms with Gasteiger partial charge < -0.3 is 5.11 Å². The van der Waals surface area contributed by atoms with Crippen molar-refractivity contribution < 1.29 is 5.11 Å². The predicted octanol–water partition coefficient (Wildman–Crippen LogP) is 3.10. The van der Waals surface area contributed by atoms with Gasteiger partial charge in [-0.2, -0.15) is 0 Å². The molecule has 12 heavy (non-hydrogen) atoms. The van der Waals surface area contributed by atoms with Crippen molar-refractivity contribution in [1.82, 2.24) is 0 Å². The van der Waals surface area contributed by atoms with Crippen molar-refractivity contribution in [2.24, 2.45) is 0 Å². The van der Waals surface area contributed by atoms with Crippen LogP contribution in [0.4, 0.5) is 0 Å². The molecule has 1 heterocycles. The maximum absolute atomic E-state index is 9.69. The van der Waals surface area contributed by atoms with Crippen LogP contribution < -0.4 is 0 Å². The van der Waals surface area contributed by atoms with E-state index in [0.29, 0.717) is 5.92 Å². The minimum atomic E-state index is -0.683. The van der Waals surface area contributed by atoms with Gasteiger partial charge in [0, 0.05) is 9.75 Å². The molecule has 0 spiro atoms. The lowest BCUT2D eigenvalue weighted by atomic mass is 10.1. The number of hydrogen-bond acceptors (Lipinski definition) is 2. The number of thiophene rings is 1. The quantitative estimate of drug-likeness (QED) is 0.748. The molecule has 2 heteroatoms. The Hall–Kier alpha value is -0.340. The first-order valence-corrected chi connectivity index (χ1v) is 5.05. The summed E-state index contributed by atoms with van der Waals surface area (Å²) in [6.45, 7) is 7.98. The third kappa shape index (κ3) is 2.08. The zero-order valence-corrected chi connectivity index (χ0v) is 8.90. The van der Waals surface area contributed by atoms with Crippen molar-refractivity contribution in [2.75, 3.05) is 0 Å². The van der Waals surface area contributed by atoms with Crippen LogP contribution in [0, 0.1) is 0 Å². The maximum atomic E-state index is 9.69. The highest BCUT2D eigenvalue weighted by molar-refractivity contribution is 7.12. The standard InChI is InChI=1S/C10H16OS/c1-7(2)8-5-6-9(12-8)10(3,4)11/h5-7,11H,1-4H3. The Balaban J connectivity index is 2.92. The maximum Gasteiger partial charge on any atom is 0.0932 e. The highest BCUT2D eigenvalue weighted by Crippen LogP contribution is 2.31. The van der Waals surface area contributed by atoms with Crippen LogP contribution in [-0.4, -0.2) is 5.11 Å². The summed E-state index contributed by atoms with van der Waals surface area (Å²) < 4.78 is 0. The van der Waals surface area contributed by atoms with Crippen molar-refractivity contribution in [3.8, 4) is 0 Å². The lowest BCUT2D eigenvalue weighted by Crippen LogP contribution is -2.12. The molecule has 0 atom stereocenters. The van der Waals surface area contributed by atoms with Gasteiger partial charge in [-0.05, 0) is 31.9 Å². The van der Waals surface area contributed by atoms with E-state index in [0.717, 1.165) is 4.88 Å². The third-order valence-electron chi connectivity index (χ3n) is 1.80. The van der Waals surface area contributed by atoms with Gasteiger partial charge >= 0.3 is 0 Å². The first-order chi connectivity index (χ1) is 5.41. The average Bonchev–Trinajstić information content (AvgIpc) is 2.30. The molecule has 1 aromatic heterocycles. The Kier molecular flexibility index (Phi) is 2.59. The second-order valence-electron chi connectivity index (χ2n) is 3.92. The molecule has 0 saturated heterocycles. The molecule has 1 nitrogen and oxygen atoms in total. The summed E-state index contributed by atoms with van der Waals surface area (Å²) in [6, 6.07) is 4.11. The highest BCUT2D eigenvalue weighted by Gasteiger charge is 2.18. The monoisotopic (exact) mass is 184 g/mol. The fourth-order valence-electron chi connectivity index (χ4n) is 0.992. The Morgan fingerprint density at radius 3 is 2.17 bits per heavy atom. The molecule has 0 saturated carbocycles. The van der Waals surface area contributed by atoms with Crippen LogP contribution in [0.2, 0.25) is 0 Å². The smallest absolute Gasteiger partial charge is 0.0932 e. The molecule has 0 aliphatic rings. The number of aliphatic hydroxyl groups is 1. The molecule has 68 valence electrons. The molecular weight excluding hydrogens is 168 g/mol. The molecular formula is C10H16OS. The van der Waals surface area contributed by atoms with Gasteiger partial charge in [-0.1, -0.05) is 13.8 Å². The summed E-state index contributed by atoms with van der Waals surface area (Å²) in [7, 11) is 0. The van der Waals surface area contributed by atoms with Crippen molar-refractivity contribution in [3.63, 3.8) is 0 Å². The summed E-state index contributed by atoms with van der Waals surface area (Å²) >= 11 is 1.70. The van der Waals surface area contributed by atoms with Crippen LogP contribution in [0.5, 0.6) is 0 Å². The van der Waals surface area contributed by atoms with Crippen LogP contribution >= 0.6 is 11.3 Å². The van der Waals surface area contributed by atoms with Crippen molar-refractivity contribution >= 4 is 11.3 Å². The van der Waals surface area contributed by atoms with E-state index >= 15 is 0 Å². The Bertz CT molecular complexity index is 255. The molecule has 0 bridgehead atoms. The Morgan fingerprint density at radius 2 is 1.92 bits per heavy atom. The van der Waals surface area contributed by atoms with Crippen LogP contribution in [-0.2, 0) is 5.60 Å². The van der Waals surface area contributed by atoms with Gasteiger partial charge in [0.25, 0.3) is 0 Å². The normalized spacial score (nSPS) is 12.5. The largest absolute Gasteiger partial charge is 0.385 e. The third-order valence-corrected chi connectivity index (χ3v) is 3.50. The van der Waals surface area contributed by atoms with Crippen molar-refractivity contribution in [3.05, 3.63) is 21.9 Å². The van der Waals surface area contributed by atoms with E-state index in [1.807, 2.05) is 19.9 Å². The fourth-order valence-corrected chi connectivity index (χ4v) is 2.00. The SMILES string of the molecule is CC(C)c1ccc(C(C)(C)O)s1. The molecule has 1 N–H and O–H groups in total. The molecule has 0 aromatic carbocycles. The second kappa shape index (κ2) is 3.19. The molecule has 1 aromatic rings. The second-order valence-corrected chi connectivity index (χ2v) is 5.03. The van der Waals surface area contributed by atoms with E-state index in [9.17, 15) is 5.11 Å². The van der Waals surface area contributed by atoms with Gasteiger partial charge in [0.05, 0.1) is 5.60 Å². The van der Waals surface area contributed by atoms with E-state index < -0.39 is 5.60 Å². The van der Waals surface area contributed by atoms with Crippen LogP contribution in [0.15, 0.2) is 12.1 Å². The van der Waals surface area contributed by atoms with E-state index in [1.54, 1.807) is 11.3 Å². The molecule has 0 unspecified atom stereocenters. The van der Waals surface area contributed by atoms with Gasteiger partial charge in [0.1, 0.15) is 0 Å². The summed E-state index contributed by atoms with van der Waals surface area (Å²) in [6.07, 6.45) is 0. The van der Waals surface area contributed by atoms with Gasteiger partial charge in [-0.25, -0.2) is 0 Å². The van der Waals surface area contributed by atoms with E-state index in [-0.39, 0.29) is 0 Å². The highest BCUT2D eigenvalue weighted by atomic mass is 32.1. The Labute approximate surface area is 78.1 Å². The lowest BCUT2D eigenvalue weighted by molar-refractivity contribution is 0.0825. The van der Waals surface area contributed by atoms with Crippen molar-refractivity contribution in [2.45, 2.75) is 39.2 Å². The van der Waals surface area contributed by atoms with Gasteiger partial charge in [-0.3, -0.25) is 0 Å². The molecule has 0 radical (unpaired) electrons. The number of hydrogen-bond donors (Lipinski definition) is 1. The fraction of sp³-hybridized carbons (Fsp3) is 0.600. The first-order valence-electron chi connectivity index (χ1n) is 4.24. The summed E-state index contributed by atoms with van der Waals surface area (Å²) in [5.74, 6) is 0.561. The van der Waals surface area contributed by atoms with Crippen LogP contribution in [0.25, 0.3) is 0 Å². The topological polar surface area (TPSA) is 20.2 Å². The summed E-state index contributed by atoms with van der Waals surface area (Å²) in [5.41, 5.74) is -0.683. The number of rotatable bonds is 2. The lowest BCUT2D eigenvalue weighted by Gasteiger charge is -2.14. The molecule has 0 amide bonds. The summed E-state index contributed by atoms with van der Waals surface area (Å²) in [4.78, 5) is 2.39. The minimum Gasteiger partial charge on any atom is -0.385 e. The van der Waals surface area contributed by atoms with Gasteiger partial charge in [0.2, 0.25) is 0 Å². The van der Waals surface area contributed by atoms with E-state index in [4.69, 9.17) is 0 Å². The van der Waals surface area contributed by atoms with Crippen molar-refractivity contribution in [1.29, 1.82) is 0 Å². The van der Waals surface area contributed by atoms with Gasteiger partial charge in [-0.15, -0.1) is 11.3 Å². The summed E-state index contributed by atoms with van der Waals surface area (Å²) in [5, 5.41) is 9.69. The minimum absolute atomic E-state index is 0.561. The first kappa shape index (κ1) is 9.75. The van der Waals surface area contributed by atoms with Gasteiger partial charge in [0.15, 0.2) is 0 Å². The average molecular weight is 184 g/mol. The zero-order chi connectivity index (χ0) is 9.35. The molecule has 0 aliphatic heterocycles. The van der Waals surface area contributed by atoms with E-state index in [1.165, 1.54) is 4.88 Å². The molecule has 0 aliphatic carbocycles. The van der Waals surface area contributed by atoms with Crippen LogP contribution in [0.1, 0.15) is 43.4 Å². The molecule has 0 fully saturated rings. The predicted molar refractivity (Wildman–Crippen MR) is 53.7 cm³/mol.